The number of rotatable bonds is 48. The van der Waals surface area contributed by atoms with Gasteiger partial charge >= 0.3 is 0 Å². The summed E-state index contributed by atoms with van der Waals surface area (Å²) in [5.41, 5.74) is 0. The van der Waals surface area contributed by atoms with Crippen LogP contribution >= 0.6 is 0 Å². The van der Waals surface area contributed by atoms with Crippen LogP contribution in [0.5, 0.6) is 0 Å². The molecule has 0 radical (unpaired) electrons. The molecule has 0 saturated carbocycles. The fourth-order valence-electron chi connectivity index (χ4n) is 8.80. The third-order valence-electron chi connectivity index (χ3n) is 13.5. The van der Waals surface area contributed by atoms with E-state index < -0.39 is 74.2 Å². The molecule has 408 valence electrons. The van der Waals surface area contributed by atoms with Gasteiger partial charge in [-0.25, -0.2) is 0 Å². The number of aliphatic hydroxyl groups is 7. The second-order valence-corrected chi connectivity index (χ2v) is 20.0. The standard InChI is InChI=1S/C59H107NO10/c1-3-5-7-9-11-13-15-17-19-21-23-24-25-26-27-29-31-33-35-37-39-41-43-45-47-52(63)58(68)60-50(49-69-59-57(67)56(66)55(65)53(48-61)70-59)54(64)51(62)46-44-42-40-38-36-34-32-30-28-22-20-18-16-14-12-10-8-6-4-2/h18,20,23-24,26-27,30,32,38,40,50-57,59,61-67H,3-17,19,21-22,25,28-29,31,33-37,39,41-49H2,1-2H3,(H,60,68)/b20-18+,24-23-,27-26-,32-30+,40-38+. The summed E-state index contributed by atoms with van der Waals surface area (Å²) in [6, 6.07) is -1.20. The number of nitrogens with one attached hydrogen (secondary N) is 1. The van der Waals surface area contributed by atoms with Crippen LogP contribution in [0.4, 0.5) is 0 Å². The van der Waals surface area contributed by atoms with E-state index in [0.29, 0.717) is 19.3 Å². The van der Waals surface area contributed by atoms with Crippen molar-refractivity contribution in [2.45, 2.75) is 294 Å². The van der Waals surface area contributed by atoms with Crippen LogP contribution in [0.1, 0.15) is 239 Å². The molecule has 0 aromatic carbocycles. The van der Waals surface area contributed by atoms with E-state index in [4.69, 9.17) is 9.47 Å². The molecule has 0 spiro atoms. The van der Waals surface area contributed by atoms with Crippen molar-refractivity contribution in [3.63, 3.8) is 0 Å². The number of hydrogen-bond acceptors (Lipinski definition) is 10. The molecule has 1 amide bonds. The molecule has 1 rings (SSSR count). The van der Waals surface area contributed by atoms with E-state index in [2.05, 4.69) is 79.9 Å². The summed E-state index contributed by atoms with van der Waals surface area (Å²) in [5, 5.41) is 76.1. The highest BCUT2D eigenvalue weighted by atomic mass is 16.7. The van der Waals surface area contributed by atoms with Crippen molar-refractivity contribution in [2.75, 3.05) is 13.2 Å². The first-order valence-electron chi connectivity index (χ1n) is 28.7. The number of amides is 1. The average molecular weight is 991 g/mol. The van der Waals surface area contributed by atoms with Crippen molar-refractivity contribution in [2.24, 2.45) is 0 Å². The molecule has 11 heteroatoms. The number of hydrogen-bond donors (Lipinski definition) is 8. The lowest BCUT2D eigenvalue weighted by Gasteiger charge is -2.40. The maximum atomic E-state index is 13.2. The van der Waals surface area contributed by atoms with E-state index in [1.165, 1.54) is 128 Å². The second-order valence-electron chi connectivity index (χ2n) is 20.0. The molecule has 8 N–H and O–H groups in total. The molecule has 0 aromatic rings. The molecular weight excluding hydrogens is 883 g/mol. The van der Waals surface area contributed by atoms with E-state index in [0.717, 1.165) is 64.2 Å². The van der Waals surface area contributed by atoms with Crippen molar-refractivity contribution < 1.29 is 50.0 Å². The maximum Gasteiger partial charge on any atom is 0.249 e. The van der Waals surface area contributed by atoms with E-state index in [1.54, 1.807) is 0 Å². The van der Waals surface area contributed by atoms with Gasteiger partial charge in [0, 0.05) is 0 Å². The van der Waals surface area contributed by atoms with Crippen LogP contribution in [-0.4, -0.2) is 110 Å². The Bertz CT molecular complexity index is 1320. The molecular formula is C59H107NO10. The summed E-state index contributed by atoms with van der Waals surface area (Å²) >= 11 is 0. The molecule has 1 aliphatic heterocycles. The summed E-state index contributed by atoms with van der Waals surface area (Å²) in [5.74, 6) is -0.718. The summed E-state index contributed by atoms with van der Waals surface area (Å²) in [6.07, 6.45) is 49.8. The fraction of sp³-hybridized carbons (Fsp3) is 0.814. The lowest BCUT2D eigenvalue weighted by molar-refractivity contribution is -0.303. The topological polar surface area (TPSA) is 189 Å². The van der Waals surface area contributed by atoms with Crippen LogP contribution in [-0.2, 0) is 14.3 Å². The van der Waals surface area contributed by atoms with Crippen LogP contribution in [0.15, 0.2) is 60.8 Å². The molecule has 0 aromatic heterocycles. The molecule has 0 bridgehead atoms. The molecule has 1 saturated heterocycles. The SMILES string of the molecule is CCCCCCCC/C=C/CC/C=C/CC/C=C/CCCC(O)C(O)C(COC1OC(CO)C(O)C(O)C1O)NC(=O)C(O)CCCCCCCCCC/C=C\C/C=C\CCCCCCCCCCC. The fourth-order valence-corrected chi connectivity index (χ4v) is 8.80. The highest BCUT2D eigenvalue weighted by Gasteiger charge is 2.44. The van der Waals surface area contributed by atoms with Gasteiger partial charge in [-0.15, -0.1) is 0 Å². The van der Waals surface area contributed by atoms with Gasteiger partial charge < -0.3 is 50.5 Å². The minimum Gasteiger partial charge on any atom is -0.394 e. The van der Waals surface area contributed by atoms with Crippen LogP contribution in [0.25, 0.3) is 0 Å². The van der Waals surface area contributed by atoms with Crippen molar-refractivity contribution in [3.05, 3.63) is 60.8 Å². The highest BCUT2D eigenvalue weighted by molar-refractivity contribution is 5.80. The summed E-state index contributed by atoms with van der Waals surface area (Å²) in [6.45, 7) is 3.43. The van der Waals surface area contributed by atoms with E-state index in [-0.39, 0.29) is 12.8 Å². The zero-order valence-electron chi connectivity index (χ0n) is 44.5. The normalized spacial score (nSPS) is 20.7. The predicted molar refractivity (Wildman–Crippen MR) is 288 cm³/mol. The first-order chi connectivity index (χ1) is 34.2. The van der Waals surface area contributed by atoms with Gasteiger partial charge in [0.15, 0.2) is 6.29 Å². The summed E-state index contributed by atoms with van der Waals surface area (Å²) in [7, 11) is 0. The van der Waals surface area contributed by atoms with Gasteiger partial charge in [0.2, 0.25) is 5.91 Å². The van der Waals surface area contributed by atoms with Crippen LogP contribution in [0.3, 0.4) is 0 Å². The van der Waals surface area contributed by atoms with Gasteiger partial charge in [-0.05, 0) is 96.3 Å². The zero-order chi connectivity index (χ0) is 51.1. The Kier molecular flexibility index (Phi) is 44.9. The number of allylic oxidation sites excluding steroid dienone is 10. The Morgan fingerprint density at radius 3 is 1.36 bits per heavy atom. The number of carbonyl (C=O) groups is 1. The van der Waals surface area contributed by atoms with Crippen LogP contribution in [0.2, 0.25) is 0 Å². The molecule has 70 heavy (non-hydrogen) atoms. The van der Waals surface area contributed by atoms with Gasteiger partial charge in [-0.1, -0.05) is 203 Å². The number of aliphatic hydroxyl groups excluding tert-OH is 7. The third-order valence-corrected chi connectivity index (χ3v) is 13.5. The van der Waals surface area contributed by atoms with Crippen molar-refractivity contribution in [1.29, 1.82) is 0 Å². The molecule has 1 fully saturated rings. The van der Waals surface area contributed by atoms with Crippen molar-refractivity contribution >= 4 is 5.91 Å². The van der Waals surface area contributed by atoms with Crippen LogP contribution < -0.4 is 5.32 Å². The van der Waals surface area contributed by atoms with Gasteiger partial charge in [0.1, 0.15) is 36.6 Å². The quantitative estimate of drug-likeness (QED) is 0.0215. The molecule has 1 heterocycles. The third kappa shape index (κ3) is 35.8. The Morgan fingerprint density at radius 2 is 0.900 bits per heavy atom. The largest absolute Gasteiger partial charge is 0.394 e. The summed E-state index contributed by atoms with van der Waals surface area (Å²) < 4.78 is 11.1. The van der Waals surface area contributed by atoms with E-state index in [9.17, 15) is 40.5 Å². The van der Waals surface area contributed by atoms with Crippen LogP contribution in [0, 0.1) is 0 Å². The molecule has 11 nitrogen and oxygen atoms in total. The second kappa shape index (κ2) is 47.8. The lowest BCUT2D eigenvalue weighted by Crippen LogP contribution is -2.60. The number of unbranched alkanes of at least 4 members (excludes halogenated alkanes) is 26. The van der Waals surface area contributed by atoms with Gasteiger partial charge in [-0.2, -0.15) is 0 Å². The van der Waals surface area contributed by atoms with Crippen molar-refractivity contribution in [3.8, 4) is 0 Å². The Morgan fingerprint density at radius 1 is 0.500 bits per heavy atom. The number of ether oxygens (including phenoxy) is 2. The highest BCUT2D eigenvalue weighted by Crippen LogP contribution is 2.23. The van der Waals surface area contributed by atoms with Gasteiger partial charge in [-0.3, -0.25) is 4.79 Å². The zero-order valence-corrected chi connectivity index (χ0v) is 44.5. The molecule has 9 atom stereocenters. The Labute approximate surface area is 427 Å². The molecule has 1 aliphatic rings. The minimum atomic E-state index is -1.68. The first-order valence-corrected chi connectivity index (χ1v) is 28.7. The predicted octanol–water partition coefficient (Wildman–Crippen LogP) is 11.8. The van der Waals surface area contributed by atoms with E-state index >= 15 is 0 Å². The smallest absolute Gasteiger partial charge is 0.249 e. The Hall–Kier alpha value is -2.19. The molecule has 0 aliphatic carbocycles. The van der Waals surface area contributed by atoms with Gasteiger partial charge in [0.05, 0.1) is 25.4 Å². The maximum absolute atomic E-state index is 13.2. The molecule has 9 unspecified atom stereocenters. The lowest BCUT2D eigenvalue weighted by atomic mass is 9.98. The average Bonchev–Trinajstić information content (AvgIpc) is 3.36. The number of carbonyl (C=O) groups excluding carboxylic acids is 1. The van der Waals surface area contributed by atoms with Gasteiger partial charge in [0.25, 0.3) is 0 Å². The van der Waals surface area contributed by atoms with Crippen molar-refractivity contribution in [1.82, 2.24) is 5.32 Å². The monoisotopic (exact) mass is 990 g/mol. The Balaban J connectivity index is 2.37. The summed E-state index contributed by atoms with van der Waals surface area (Å²) in [4.78, 5) is 13.2. The van der Waals surface area contributed by atoms with E-state index in [1.807, 2.05) is 0 Å². The first kappa shape index (κ1) is 65.8. The minimum absolute atomic E-state index is 0.237.